The Balaban J connectivity index is 2.21. The molecular weight excluding hydrogens is 223 g/mol. The van der Waals surface area contributed by atoms with Crippen LogP contribution in [0.4, 0.5) is 13.2 Å². The summed E-state index contributed by atoms with van der Waals surface area (Å²) in [5.41, 5.74) is 0. The molecule has 0 bridgehead atoms. The molecule has 0 aromatic heterocycles. The van der Waals surface area contributed by atoms with Gasteiger partial charge in [-0.15, -0.1) is 0 Å². The van der Waals surface area contributed by atoms with Crippen LogP contribution in [0, 0.1) is 5.92 Å². The van der Waals surface area contributed by atoms with Crippen molar-refractivity contribution >= 4 is 5.97 Å². The van der Waals surface area contributed by atoms with Crippen LogP contribution in [-0.2, 0) is 4.79 Å². The van der Waals surface area contributed by atoms with Gasteiger partial charge in [-0.1, -0.05) is 0 Å². The maximum atomic E-state index is 12.9. The fourth-order valence-electron chi connectivity index (χ4n) is 2.51. The fourth-order valence-corrected chi connectivity index (χ4v) is 2.51. The van der Waals surface area contributed by atoms with Gasteiger partial charge in [0.25, 0.3) is 0 Å². The summed E-state index contributed by atoms with van der Waals surface area (Å²) >= 11 is 0. The van der Waals surface area contributed by atoms with Crippen LogP contribution in [0.25, 0.3) is 0 Å². The highest BCUT2D eigenvalue weighted by Gasteiger charge is 2.55. The van der Waals surface area contributed by atoms with Crippen LogP contribution in [0.15, 0.2) is 0 Å². The van der Waals surface area contributed by atoms with Crippen LogP contribution in [0.2, 0.25) is 0 Å². The molecular formula is C10H14F3NO2. The summed E-state index contributed by atoms with van der Waals surface area (Å²) in [6.45, 7) is 0.374. The Morgan fingerprint density at radius 1 is 1.25 bits per heavy atom. The lowest BCUT2D eigenvalue weighted by molar-refractivity contribution is -0.212. The molecule has 3 nitrogen and oxygen atoms in total. The summed E-state index contributed by atoms with van der Waals surface area (Å²) in [4.78, 5) is 12.2. The van der Waals surface area contributed by atoms with Crippen LogP contribution in [0.1, 0.15) is 25.7 Å². The molecule has 2 rings (SSSR count). The summed E-state index contributed by atoms with van der Waals surface area (Å²) in [6, 6.07) is -1.83. The van der Waals surface area contributed by atoms with E-state index in [4.69, 9.17) is 5.11 Å². The number of aliphatic carboxylic acids is 1. The molecule has 0 radical (unpaired) electrons. The third-order valence-corrected chi connectivity index (χ3v) is 3.34. The summed E-state index contributed by atoms with van der Waals surface area (Å²) in [5.74, 6) is -2.62. The van der Waals surface area contributed by atoms with Gasteiger partial charge < -0.3 is 5.11 Å². The van der Waals surface area contributed by atoms with Gasteiger partial charge in [-0.25, -0.2) is 0 Å². The molecule has 1 aliphatic heterocycles. The number of carboxylic acid groups (broad SMARTS) is 1. The van der Waals surface area contributed by atoms with Crippen molar-refractivity contribution < 1.29 is 23.1 Å². The average molecular weight is 237 g/mol. The van der Waals surface area contributed by atoms with Crippen molar-refractivity contribution in [2.75, 3.05) is 6.54 Å². The minimum absolute atomic E-state index is 0.0474. The molecule has 16 heavy (non-hydrogen) atoms. The van der Waals surface area contributed by atoms with Gasteiger partial charge in [0.2, 0.25) is 0 Å². The zero-order chi connectivity index (χ0) is 11.9. The number of halogens is 3. The number of nitrogens with zero attached hydrogens (tertiary/aromatic N) is 1. The van der Waals surface area contributed by atoms with E-state index in [0.29, 0.717) is 13.0 Å². The third-order valence-electron chi connectivity index (χ3n) is 3.34. The Bertz CT molecular complexity index is 288. The molecule has 2 atom stereocenters. The quantitative estimate of drug-likeness (QED) is 0.797. The van der Waals surface area contributed by atoms with Gasteiger partial charge in [-0.2, -0.15) is 13.2 Å². The molecule has 1 N–H and O–H groups in total. The minimum atomic E-state index is -4.44. The lowest BCUT2D eigenvalue weighted by Crippen LogP contribution is -2.56. The molecule has 0 aromatic rings. The Morgan fingerprint density at radius 3 is 2.31 bits per heavy atom. The molecule has 1 saturated heterocycles. The highest BCUT2D eigenvalue weighted by atomic mass is 19.4. The number of carbonyl (C=O) groups is 1. The van der Waals surface area contributed by atoms with Gasteiger partial charge in [0, 0.05) is 6.04 Å². The summed E-state index contributed by atoms with van der Waals surface area (Å²) in [7, 11) is 0. The molecule has 0 spiro atoms. The zero-order valence-electron chi connectivity index (χ0n) is 8.70. The van der Waals surface area contributed by atoms with Crippen molar-refractivity contribution in [3.63, 3.8) is 0 Å². The van der Waals surface area contributed by atoms with E-state index < -0.39 is 24.1 Å². The predicted molar refractivity (Wildman–Crippen MR) is 49.9 cm³/mol. The number of rotatable bonds is 2. The molecule has 0 aromatic carbocycles. The molecule has 92 valence electrons. The van der Waals surface area contributed by atoms with E-state index >= 15 is 0 Å². The van der Waals surface area contributed by atoms with Crippen LogP contribution in [0.5, 0.6) is 0 Å². The Labute approximate surface area is 91.2 Å². The third kappa shape index (κ3) is 2.16. The van der Waals surface area contributed by atoms with E-state index in [-0.39, 0.29) is 12.5 Å². The second-order valence-electron chi connectivity index (χ2n) is 4.54. The molecule has 6 heteroatoms. The molecule has 0 unspecified atom stereocenters. The van der Waals surface area contributed by atoms with Crippen LogP contribution >= 0.6 is 0 Å². The SMILES string of the molecule is O=C(O)[C@H]1CCCN(C2CC2)[C@@H]1C(F)(F)F. The van der Waals surface area contributed by atoms with Crippen molar-refractivity contribution in [1.82, 2.24) is 4.90 Å². The summed E-state index contributed by atoms with van der Waals surface area (Å²) in [6.07, 6.45) is -2.24. The lowest BCUT2D eigenvalue weighted by Gasteiger charge is -2.40. The van der Waals surface area contributed by atoms with E-state index in [0.717, 1.165) is 12.8 Å². The van der Waals surface area contributed by atoms with Gasteiger partial charge in [0.15, 0.2) is 0 Å². The van der Waals surface area contributed by atoms with E-state index in [2.05, 4.69) is 0 Å². The first-order valence-corrected chi connectivity index (χ1v) is 5.46. The van der Waals surface area contributed by atoms with E-state index in [1.807, 2.05) is 0 Å². The first kappa shape index (κ1) is 11.7. The van der Waals surface area contributed by atoms with Gasteiger partial charge in [-0.05, 0) is 32.2 Å². The average Bonchev–Trinajstić information content (AvgIpc) is 2.98. The normalized spacial score (nSPS) is 32.7. The predicted octanol–water partition coefficient (Wildman–Crippen LogP) is 1.88. The second-order valence-corrected chi connectivity index (χ2v) is 4.54. The number of piperidine rings is 1. The Hall–Kier alpha value is -0.780. The van der Waals surface area contributed by atoms with E-state index in [1.165, 1.54) is 4.90 Å². The summed E-state index contributed by atoms with van der Waals surface area (Å²) < 4.78 is 38.7. The maximum absolute atomic E-state index is 12.9. The van der Waals surface area contributed by atoms with Gasteiger partial charge in [-0.3, -0.25) is 9.69 Å². The van der Waals surface area contributed by atoms with Crippen LogP contribution in [0.3, 0.4) is 0 Å². The Kier molecular flexibility index (Phi) is 2.86. The van der Waals surface area contributed by atoms with E-state index in [9.17, 15) is 18.0 Å². The Morgan fingerprint density at radius 2 is 1.88 bits per heavy atom. The van der Waals surface area contributed by atoms with Crippen molar-refractivity contribution in [2.24, 2.45) is 5.92 Å². The molecule has 0 amide bonds. The zero-order valence-corrected chi connectivity index (χ0v) is 8.70. The minimum Gasteiger partial charge on any atom is -0.481 e. The molecule has 1 heterocycles. The van der Waals surface area contributed by atoms with Gasteiger partial charge in [0.05, 0.1) is 5.92 Å². The first-order chi connectivity index (χ1) is 7.41. The van der Waals surface area contributed by atoms with Gasteiger partial charge >= 0.3 is 12.1 Å². The maximum Gasteiger partial charge on any atom is 0.404 e. The fraction of sp³-hybridized carbons (Fsp3) is 0.900. The number of hydrogen-bond acceptors (Lipinski definition) is 2. The monoisotopic (exact) mass is 237 g/mol. The van der Waals surface area contributed by atoms with Crippen LogP contribution in [-0.4, -0.2) is 40.8 Å². The van der Waals surface area contributed by atoms with E-state index in [1.54, 1.807) is 0 Å². The van der Waals surface area contributed by atoms with Crippen LogP contribution < -0.4 is 0 Å². The second kappa shape index (κ2) is 3.91. The van der Waals surface area contributed by atoms with Crippen molar-refractivity contribution in [3.8, 4) is 0 Å². The largest absolute Gasteiger partial charge is 0.481 e. The molecule has 2 aliphatic rings. The summed E-state index contributed by atoms with van der Waals surface area (Å²) in [5, 5.41) is 8.87. The lowest BCUT2D eigenvalue weighted by atomic mass is 9.88. The number of carboxylic acids is 1. The van der Waals surface area contributed by atoms with Gasteiger partial charge in [0.1, 0.15) is 6.04 Å². The number of likely N-dealkylation sites (tertiary alicyclic amines) is 1. The van der Waals surface area contributed by atoms with Crippen molar-refractivity contribution in [2.45, 2.75) is 43.9 Å². The first-order valence-electron chi connectivity index (χ1n) is 5.46. The standard InChI is InChI=1S/C10H14F3NO2/c11-10(12,13)8-7(9(15)16)2-1-5-14(8)6-3-4-6/h6-8H,1-5H2,(H,15,16)/t7-,8-/m0/s1. The number of hydrogen-bond donors (Lipinski definition) is 1. The van der Waals surface area contributed by atoms with Crippen molar-refractivity contribution in [1.29, 1.82) is 0 Å². The molecule has 1 saturated carbocycles. The number of alkyl halides is 3. The molecule has 1 aliphatic carbocycles. The highest BCUT2D eigenvalue weighted by molar-refractivity contribution is 5.71. The van der Waals surface area contributed by atoms with Crippen molar-refractivity contribution in [3.05, 3.63) is 0 Å². The highest BCUT2D eigenvalue weighted by Crippen LogP contribution is 2.41. The topological polar surface area (TPSA) is 40.5 Å². The smallest absolute Gasteiger partial charge is 0.404 e. The molecule has 2 fully saturated rings.